The summed E-state index contributed by atoms with van der Waals surface area (Å²) in [7, 11) is 2.11. The highest BCUT2D eigenvalue weighted by atomic mass is 16.7. The van der Waals surface area contributed by atoms with Crippen molar-refractivity contribution >= 4 is 7.85 Å². The lowest BCUT2D eigenvalue weighted by Crippen LogP contribution is -2.21. The topological polar surface area (TPSA) is 18.5 Å². The molecule has 0 amide bonds. The van der Waals surface area contributed by atoms with Crippen molar-refractivity contribution in [3.05, 3.63) is 0 Å². The smallest absolute Gasteiger partial charge is 0.163 e. The van der Waals surface area contributed by atoms with E-state index >= 15 is 0 Å². The minimum absolute atomic E-state index is 0.319. The molecule has 2 nitrogen and oxygen atoms in total. The Labute approximate surface area is 56.9 Å². The van der Waals surface area contributed by atoms with Crippen LogP contribution in [0.25, 0.3) is 0 Å². The zero-order valence-electron chi connectivity index (χ0n) is 6.31. The Bertz CT molecular complexity index is 103. The average molecular weight is 128 g/mol. The molecule has 1 aliphatic rings. The summed E-state index contributed by atoms with van der Waals surface area (Å²) < 4.78 is 10.8. The third-order valence-electron chi connectivity index (χ3n) is 1.52. The summed E-state index contributed by atoms with van der Waals surface area (Å²) in [6.45, 7) is 4.65. The molecule has 0 N–H and O–H groups in total. The maximum absolute atomic E-state index is 5.48. The molecule has 1 saturated heterocycles. The maximum Gasteiger partial charge on any atom is 0.163 e. The highest BCUT2D eigenvalue weighted by Crippen LogP contribution is 2.23. The van der Waals surface area contributed by atoms with Gasteiger partial charge in [0, 0.05) is 0 Å². The van der Waals surface area contributed by atoms with Crippen LogP contribution in [0.15, 0.2) is 0 Å². The van der Waals surface area contributed by atoms with Gasteiger partial charge in [0.15, 0.2) is 5.79 Å². The average Bonchev–Trinajstić information content (AvgIpc) is 2.10. The predicted octanol–water partition coefficient (Wildman–Crippen LogP) is 0.189. The standard InChI is InChI=1S/C6H13BO2/c1-6(2)8-4-5(3-7)9-6/h5H,3-4,7H2,1-2H3/t5-/m1/s1. The summed E-state index contributed by atoms with van der Waals surface area (Å²) in [4.78, 5) is 0. The van der Waals surface area contributed by atoms with Crippen molar-refractivity contribution in [3.63, 3.8) is 0 Å². The van der Waals surface area contributed by atoms with Gasteiger partial charge in [0.05, 0.1) is 12.7 Å². The van der Waals surface area contributed by atoms with Crippen LogP contribution in [-0.2, 0) is 9.47 Å². The summed E-state index contributed by atoms with van der Waals surface area (Å²) in [6.07, 6.45) is 1.36. The fourth-order valence-electron chi connectivity index (χ4n) is 0.964. The van der Waals surface area contributed by atoms with Gasteiger partial charge in [-0.15, -0.1) is 0 Å². The van der Waals surface area contributed by atoms with Crippen LogP contribution in [0.5, 0.6) is 0 Å². The third kappa shape index (κ3) is 1.70. The van der Waals surface area contributed by atoms with E-state index in [1.54, 1.807) is 0 Å². The lowest BCUT2D eigenvalue weighted by Gasteiger charge is -2.16. The Balaban J connectivity index is 2.38. The van der Waals surface area contributed by atoms with Crippen molar-refractivity contribution in [1.29, 1.82) is 0 Å². The van der Waals surface area contributed by atoms with Gasteiger partial charge in [-0.3, -0.25) is 0 Å². The van der Waals surface area contributed by atoms with Gasteiger partial charge in [0.1, 0.15) is 7.85 Å². The summed E-state index contributed by atoms with van der Waals surface area (Å²) >= 11 is 0. The molecule has 0 unspecified atom stereocenters. The Morgan fingerprint density at radius 2 is 2.33 bits per heavy atom. The van der Waals surface area contributed by atoms with Crippen molar-refractivity contribution in [2.75, 3.05) is 6.61 Å². The highest BCUT2D eigenvalue weighted by Gasteiger charge is 2.30. The number of hydrogen-bond donors (Lipinski definition) is 0. The molecule has 0 aromatic rings. The van der Waals surface area contributed by atoms with E-state index in [0.29, 0.717) is 6.10 Å². The van der Waals surface area contributed by atoms with Crippen LogP contribution in [0.3, 0.4) is 0 Å². The van der Waals surface area contributed by atoms with Gasteiger partial charge in [-0.1, -0.05) is 6.32 Å². The van der Waals surface area contributed by atoms with Crippen molar-refractivity contribution in [2.45, 2.75) is 32.1 Å². The molecule has 0 spiro atoms. The molecular weight excluding hydrogens is 115 g/mol. The van der Waals surface area contributed by atoms with Crippen molar-refractivity contribution in [3.8, 4) is 0 Å². The third-order valence-corrected chi connectivity index (χ3v) is 1.52. The molecule has 1 rings (SSSR count). The molecule has 9 heavy (non-hydrogen) atoms. The van der Waals surface area contributed by atoms with Crippen LogP contribution in [0.2, 0.25) is 6.32 Å². The molecule has 0 aliphatic carbocycles. The Morgan fingerprint density at radius 3 is 2.56 bits per heavy atom. The SMILES string of the molecule is BC[C@@H]1COC(C)(C)O1. The van der Waals surface area contributed by atoms with E-state index in [9.17, 15) is 0 Å². The van der Waals surface area contributed by atoms with E-state index in [4.69, 9.17) is 9.47 Å². The molecule has 0 bridgehead atoms. The minimum atomic E-state index is -0.333. The van der Waals surface area contributed by atoms with Crippen LogP contribution in [0.1, 0.15) is 13.8 Å². The van der Waals surface area contributed by atoms with E-state index in [1.165, 1.54) is 0 Å². The molecule has 0 saturated carbocycles. The second-order valence-corrected chi connectivity index (χ2v) is 2.86. The van der Waals surface area contributed by atoms with Crippen LogP contribution in [-0.4, -0.2) is 26.3 Å². The second-order valence-electron chi connectivity index (χ2n) is 2.86. The largest absolute Gasteiger partial charge is 0.348 e. The molecule has 1 fully saturated rings. The molecular formula is C6H13BO2. The van der Waals surface area contributed by atoms with Crippen molar-refractivity contribution < 1.29 is 9.47 Å². The van der Waals surface area contributed by atoms with Crippen LogP contribution >= 0.6 is 0 Å². The van der Waals surface area contributed by atoms with Crippen LogP contribution in [0.4, 0.5) is 0 Å². The quantitative estimate of drug-likeness (QED) is 0.469. The maximum atomic E-state index is 5.48. The molecule has 1 aliphatic heterocycles. The second kappa shape index (κ2) is 2.31. The van der Waals surface area contributed by atoms with Crippen LogP contribution in [0, 0.1) is 0 Å². The first-order valence-electron chi connectivity index (χ1n) is 3.46. The first-order valence-corrected chi connectivity index (χ1v) is 3.46. The lowest BCUT2D eigenvalue weighted by atomic mass is 10.0. The van der Waals surface area contributed by atoms with Gasteiger partial charge in [0.2, 0.25) is 0 Å². The number of rotatable bonds is 1. The van der Waals surface area contributed by atoms with Gasteiger partial charge in [-0.05, 0) is 13.8 Å². The predicted molar refractivity (Wildman–Crippen MR) is 38.3 cm³/mol. The van der Waals surface area contributed by atoms with Gasteiger partial charge in [0.25, 0.3) is 0 Å². The normalized spacial score (nSPS) is 32.9. The first-order chi connectivity index (χ1) is 4.14. The zero-order valence-corrected chi connectivity index (χ0v) is 6.31. The lowest BCUT2D eigenvalue weighted by molar-refractivity contribution is -0.136. The summed E-state index contributed by atoms with van der Waals surface area (Å²) in [5.41, 5.74) is 0. The van der Waals surface area contributed by atoms with E-state index in [1.807, 2.05) is 13.8 Å². The van der Waals surface area contributed by atoms with Crippen molar-refractivity contribution in [2.24, 2.45) is 0 Å². The summed E-state index contributed by atoms with van der Waals surface area (Å²) in [6, 6.07) is 0. The molecule has 1 atom stereocenters. The molecule has 0 aromatic carbocycles. The van der Waals surface area contributed by atoms with E-state index < -0.39 is 0 Å². The van der Waals surface area contributed by atoms with E-state index in [-0.39, 0.29) is 5.79 Å². The molecule has 0 aromatic heterocycles. The Morgan fingerprint density at radius 1 is 1.67 bits per heavy atom. The van der Waals surface area contributed by atoms with Crippen LogP contribution < -0.4 is 0 Å². The van der Waals surface area contributed by atoms with Gasteiger partial charge in [-0.2, -0.15) is 0 Å². The first kappa shape index (κ1) is 7.10. The van der Waals surface area contributed by atoms with E-state index in [0.717, 1.165) is 12.9 Å². The van der Waals surface area contributed by atoms with E-state index in [2.05, 4.69) is 7.85 Å². The Kier molecular flexibility index (Phi) is 1.82. The van der Waals surface area contributed by atoms with Gasteiger partial charge >= 0.3 is 0 Å². The molecule has 1 heterocycles. The fraction of sp³-hybridized carbons (Fsp3) is 1.00. The Hall–Kier alpha value is -0.0151. The minimum Gasteiger partial charge on any atom is -0.348 e. The van der Waals surface area contributed by atoms with Gasteiger partial charge in [-0.25, -0.2) is 0 Å². The highest BCUT2D eigenvalue weighted by molar-refractivity contribution is 6.08. The number of hydrogen-bond acceptors (Lipinski definition) is 2. The van der Waals surface area contributed by atoms with Crippen molar-refractivity contribution in [1.82, 2.24) is 0 Å². The monoisotopic (exact) mass is 128 g/mol. The molecule has 3 heteroatoms. The molecule has 52 valence electrons. The zero-order chi connectivity index (χ0) is 6.91. The summed E-state index contributed by atoms with van der Waals surface area (Å²) in [5.74, 6) is -0.333. The summed E-state index contributed by atoms with van der Waals surface area (Å²) in [5, 5.41) is 0. The number of ether oxygens (including phenoxy) is 2. The molecule has 0 radical (unpaired) electrons. The fourth-order valence-corrected chi connectivity index (χ4v) is 0.964. The van der Waals surface area contributed by atoms with Gasteiger partial charge < -0.3 is 9.47 Å².